The molecule has 0 radical (unpaired) electrons. The number of amides is 1. The topological polar surface area (TPSA) is 59.9 Å². The number of hydrazone groups is 1. The number of nitrogens with one attached hydrogen (secondary N) is 1. The molecular weight excluding hydrogens is 316 g/mol. The lowest BCUT2D eigenvalue weighted by atomic mass is 9.87. The number of carbonyl (C=O) groups is 1. The summed E-state index contributed by atoms with van der Waals surface area (Å²) in [5.41, 5.74) is 5.23. The number of benzene rings is 2. The van der Waals surface area contributed by atoms with Crippen molar-refractivity contribution in [1.82, 2.24) is 5.43 Å². The lowest BCUT2D eigenvalue weighted by Crippen LogP contribution is -2.17. The molecule has 2 aromatic carbocycles. The summed E-state index contributed by atoms with van der Waals surface area (Å²) in [5.74, 6) is 0.752. The third-order valence-corrected chi connectivity index (χ3v) is 3.80. The van der Waals surface area contributed by atoms with Gasteiger partial charge in [-0.2, -0.15) is 5.10 Å². The first-order valence-electron chi connectivity index (χ1n) is 8.01. The second-order valence-electron chi connectivity index (χ2n) is 6.64. The molecule has 0 aromatic heterocycles. The summed E-state index contributed by atoms with van der Waals surface area (Å²) in [6.45, 7) is 6.50. The van der Waals surface area contributed by atoms with Gasteiger partial charge in [-0.05, 0) is 34.7 Å². The first-order valence-corrected chi connectivity index (χ1v) is 8.01. The highest BCUT2D eigenvalue weighted by atomic mass is 16.5. The van der Waals surface area contributed by atoms with Crippen LogP contribution in [-0.2, 0) is 5.41 Å². The predicted octanol–water partition coefficient (Wildman–Crippen LogP) is 3.77. The fourth-order valence-electron chi connectivity index (χ4n) is 2.28. The van der Waals surface area contributed by atoms with Crippen molar-refractivity contribution in [3.05, 3.63) is 59.2 Å². The van der Waals surface area contributed by atoms with E-state index in [2.05, 4.69) is 43.4 Å². The van der Waals surface area contributed by atoms with Crippen LogP contribution in [0, 0.1) is 0 Å². The zero-order valence-corrected chi connectivity index (χ0v) is 15.3. The number of ether oxygens (including phenoxy) is 2. The van der Waals surface area contributed by atoms with Gasteiger partial charge in [-0.15, -0.1) is 0 Å². The number of nitrogens with zero attached hydrogens (tertiary/aromatic N) is 1. The summed E-state index contributed by atoms with van der Waals surface area (Å²) in [5, 5.41) is 4.01. The van der Waals surface area contributed by atoms with E-state index in [1.54, 1.807) is 31.5 Å². The molecule has 0 saturated heterocycles. The fourth-order valence-corrected chi connectivity index (χ4v) is 2.28. The molecule has 1 amide bonds. The molecule has 0 aliphatic heterocycles. The van der Waals surface area contributed by atoms with Gasteiger partial charge < -0.3 is 9.47 Å². The quantitative estimate of drug-likeness (QED) is 0.666. The molecule has 2 aromatic rings. The number of methoxy groups -OCH3 is 2. The van der Waals surface area contributed by atoms with Crippen molar-refractivity contribution in [2.45, 2.75) is 26.2 Å². The third kappa shape index (κ3) is 4.83. The van der Waals surface area contributed by atoms with Gasteiger partial charge in [0.25, 0.3) is 5.91 Å². The number of rotatable bonds is 5. The Balaban J connectivity index is 2.03. The minimum absolute atomic E-state index is 0.108. The Labute approximate surface area is 148 Å². The van der Waals surface area contributed by atoms with Crippen molar-refractivity contribution in [3.8, 4) is 11.5 Å². The molecule has 132 valence electrons. The molecule has 0 atom stereocenters. The van der Waals surface area contributed by atoms with Gasteiger partial charge in [-0.25, -0.2) is 5.43 Å². The Kier molecular flexibility index (Phi) is 5.80. The first kappa shape index (κ1) is 18.5. The minimum Gasteiger partial charge on any atom is -0.493 e. The second kappa shape index (κ2) is 7.83. The maximum atomic E-state index is 12.2. The van der Waals surface area contributed by atoms with Gasteiger partial charge in [0.2, 0.25) is 0 Å². The molecule has 0 bridgehead atoms. The highest BCUT2D eigenvalue weighted by Crippen LogP contribution is 2.27. The smallest absolute Gasteiger partial charge is 0.271 e. The van der Waals surface area contributed by atoms with E-state index >= 15 is 0 Å². The lowest BCUT2D eigenvalue weighted by Gasteiger charge is -2.18. The van der Waals surface area contributed by atoms with Gasteiger partial charge in [0.15, 0.2) is 11.5 Å². The van der Waals surface area contributed by atoms with Crippen molar-refractivity contribution in [3.63, 3.8) is 0 Å². The molecule has 2 rings (SSSR count). The SMILES string of the molecule is COc1ccc(C(=O)N/N=C\c2ccc(C(C)(C)C)cc2)cc1OC. The largest absolute Gasteiger partial charge is 0.493 e. The average Bonchev–Trinajstić information content (AvgIpc) is 2.60. The van der Waals surface area contributed by atoms with E-state index in [0.29, 0.717) is 17.1 Å². The highest BCUT2D eigenvalue weighted by molar-refractivity contribution is 5.95. The van der Waals surface area contributed by atoms with E-state index in [4.69, 9.17) is 9.47 Å². The minimum atomic E-state index is -0.316. The molecule has 1 N–H and O–H groups in total. The molecule has 0 heterocycles. The molecule has 5 nitrogen and oxygen atoms in total. The second-order valence-corrected chi connectivity index (χ2v) is 6.64. The molecule has 0 fully saturated rings. The maximum Gasteiger partial charge on any atom is 0.271 e. The van der Waals surface area contributed by atoms with Crippen LogP contribution >= 0.6 is 0 Å². The molecule has 25 heavy (non-hydrogen) atoms. The van der Waals surface area contributed by atoms with Crippen molar-refractivity contribution in [1.29, 1.82) is 0 Å². The number of hydrogen-bond acceptors (Lipinski definition) is 4. The van der Waals surface area contributed by atoms with Gasteiger partial charge in [0.1, 0.15) is 0 Å². The van der Waals surface area contributed by atoms with Crippen molar-refractivity contribution in [2.75, 3.05) is 14.2 Å². The summed E-state index contributed by atoms with van der Waals surface area (Å²) in [6.07, 6.45) is 1.62. The maximum absolute atomic E-state index is 12.2. The van der Waals surface area contributed by atoms with Gasteiger partial charge >= 0.3 is 0 Å². The van der Waals surface area contributed by atoms with Crippen LogP contribution in [0.3, 0.4) is 0 Å². The van der Waals surface area contributed by atoms with Gasteiger partial charge in [0.05, 0.1) is 20.4 Å². The van der Waals surface area contributed by atoms with Crippen LogP contribution < -0.4 is 14.9 Å². The van der Waals surface area contributed by atoms with Crippen LogP contribution in [-0.4, -0.2) is 26.3 Å². The summed E-state index contributed by atoms with van der Waals surface area (Å²) in [6, 6.07) is 13.0. The monoisotopic (exact) mass is 340 g/mol. The molecular formula is C20H24N2O3. The Morgan fingerprint density at radius 1 is 1.00 bits per heavy atom. The normalized spacial score (nSPS) is 11.4. The Hall–Kier alpha value is -2.82. The third-order valence-electron chi connectivity index (χ3n) is 3.80. The van der Waals surface area contributed by atoms with Gasteiger partial charge in [-0.1, -0.05) is 45.0 Å². The van der Waals surface area contributed by atoms with Crippen LogP contribution in [0.1, 0.15) is 42.3 Å². The average molecular weight is 340 g/mol. The van der Waals surface area contributed by atoms with Crippen LogP contribution in [0.15, 0.2) is 47.6 Å². The van der Waals surface area contributed by atoms with Gasteiger partial charge in [0, 0.05) is 5.56 Å². The Morgan fingerprint density at radius 2 is 1.64 bits per heavy atom. The van der Waals surface area contributed by atoms with Gasteiger partial charge in [-0.3, -0.25) is 4.79 Å². The number of hydrogen-bond donors (Lipinski definition) is 1. The van der Waals surface area contributed by atoms with Crippen molar-refractivity contribution < 1.29 is 14.3 Å². The Bertz CT molecular complexity index is 760. The summed E-state index contributed by atoms with van der Waals surface area (Å²) < 4.78 is 10.4. The van der Waals surface area contributed by atoms with E-state index < -0.39 is 0 Å². The summed E-state index contributed by atoms with van der Waals surface area (Å²) in [7, 11) is 3.08. The summed E-state index contributed by atoms with van der Waals surface area (Å²) >= 11 is 0. The van der Waals surface area contributed by atoms with Crippen molar-refractivity contribution >= 4 is 12.1 Å². The zero-order valence-electron chi connectivity index (χ0n) is 15.3. The molecule has 0 aliphatic rings. The van der Waals surface area contributed by atoms with E-state index in [-0.39, 0.29) is 11.3 Å². The van der Waals surface area contributed by atoms with E-state index in [0.717, 1.165) is 5.56 Å². The molecule has 0 saturated carbocycles. The fraction of sp³-hybridized carbons (Fsp3) is 0.300. The standard InChI is InChI=1S/C20H24N2O3/c1-20(2,3)16-9-6-14(7-10-16)13-21-22-19(23)15-8-11-17(24-4)18(12-15)25-5/h6-13H,1-5H3,(H,22,23)/b21-13-. The zero-order chi connectivity index (χ0) is 18.4. The van der Waals surface area contributed by atoms with E-state index in [9.17, 15) is 4.79 Å². The van der Waals surface area contributed by atoms with Crippen LogP contribution in [0.25, 0.3) is 0 Å². The summed E-state index contributed by atoms with van der Waals surface area (Å²) in [4.78, 5) is 12.2. The van der Waals surface area contributed by atoms with E-state index in [1.165, 1.54) is 12.7 Å². The number of carbonyl (C=O) groups excluding carboxylic acids is 1. The highest BCUT2D eigenvalue weighted by Gasteiger charge is 2.12. The molecule has 0 spiro atoms. The molecule has 5 heteroatoms. The molecule has 0 unspecified atom stereocenters. The van der Waals surface area contributed by atoms with E-state index in [1.807, 2.05) is 12.1 Å². The molecule has 0 aliphatic carbocycles. The predicted molar refractivity (Wildman–Crippen MR) is 99.7 cm³/mol. The van der Waals surface area contributed by atoms with Crippen LogP contribution in [0.2, 0.25) is 0 Å². The van der Waals surface area contributed by atoms with Crippen LogP contribution in [0.4, 0.5) is 0 Å². The Morgan fingerprint density at radius 3 is 2.20 bits per heavy atom. The van der Waals surface area contributed by atoms with Crippen molar-refractivity contribution in [2.24, 2.45) is 5.10 Å². The van der Waals surface area contributed by atoms with Crippen LogP contribution in [0.5, 0.6) is 11.5 Å². The lowest BCUT2D eigenvalue weighted by molar-refractivity contribution is 0.0954. The first-order chi connectivity index (χ1) is 11.8.